The van der Waals surface area contributed by atoms with E-state index in [2.05, 4.69) is 10.1 Å². The molecule has 19 heavy (non-hydrogen) atoms. The molecular formula is C10H15N5O4. The molecule has 9 heteroatoms. The molecule has 0 amide bonds. The van der Waals surface area contributed by atoms with Crippen molar-refractivity contribution in [3.63, 3.8) is 0 Å². The SMILES string of the molecule is CC(CO)N(C)c1ncc(C(N)=NO)cc1[N+](=O)[O-]. The maximum Gasteiger partial charge on any atom is 0.312 e. The van der Waals surface area contributed by atoms with E-state index >= 15 is 0 Å². The van der Waals surface area contributed by atoms with E-state index in [1.807, 2.05) is 0 Å². The summed E-state index contributed by atoms with van der Waals surface area (Å²) in [6, 6.07) is 0.832. The van der Waals surface area contributed by atoms with Gasteiger partial charge < -0.3 is 20.9 Å². The number of anilines is 1. The number of nitrogens with two attached hydrogens (primary N) is 1. The quantitative estimate of drug-likeness (QED) is 0.223. The summed E-state index contributed by atoms with van der Waals surface area (Å²) in [5, 5.41) is 31.4. The molecule has 0 saturated heterocycles. The van der Waals surface area contributed by atoms with Crippen molar-refractivity contribution in [1.82, 2.24) is 4.98 Å². The molecule has 0 aromatic carbocycles. The summed E-state index contributed by atoms with van der Waals surface area (Å²) in [6.45, 7) is 1.53. The first-order valence-corrected chi connectivity index (χ1v) is 5.38. The number of pyridine rings is 1. The average molecular weight is 269 g/mol. The summed E-state index contributed by atoms with van der Waals surface area (Å²) < 4.78 is 0. The minimum absolute atomic E-state index is 0.0982. The van der Waals surface area contributed by atoms with Crippen molar-refractivity contribution >= 4 is 17.3 Å². The molecule has 1 aromatic rings. The number of nitrogens with zero attached hydrogens (tertiary/aromatic N) is 4. The zero-order chi connectivity index (χ0) is 14.6. The topological polar surface area (TPSA) is 138 Å². The Hall–Kier alpha value is -2.42. The van der Waals surface area contributed by atoms with Crippen LogP contribution in [0.1, 0.15) is 12.5 Å². The Morgan fingerprint density at radius 3 is 2.84 bits per heavy atom. The van der Waals surface area contributed by atoms with Crippen molar-refractivity contribution < 1.29 is 15.2 Å². The minimum Gasteiger partial charge on any atom is -0.409 e. The summed E-state index contributed by atoms with van der Waals surface area (Å²) in [7, 11) is 1.58. The number of hydrogen-bond donors (Lipinski definition) is 3. The average Bonchev–Trinajstić information content (AvgIpc) is 2.43. The van der Waals surface area contributed by atoms with Gasteiger partial charge in [0.1, 0.15) is 0 Å². The van der Waals surface area contributed by atoms with Crippen molar-refractivity contribution in [1.29, 1.82) is 0 Å². The van der Waals surface area contributed by atoms with Gasteiger partial charge >= 0.3 is 5.69 Å². The molecule has 1 heterocycles. The Morgan fingerprint density at radius 1 is 1.74 bits per heavy atom. The summed E-state index contributed by atoms with van der Waals surface area (Å²) in [6.07, 6.45) is 1.26. The second kappa shape index (κ2) is 5.96. The van der Waals surface area contributed by atoms with Crippen LogP contribution in [0.2, 0.25) is 0 Å². The van der Waals surface area contributed by atoms with Gasteiger partial charge in [0.2, 0.25) is 5.82 Å². The number of amidine groups is 1. The fourth-order valence-electron chi connectivity index (χ4n) is 1.38. The molecule has 0 aliphatic rings. The van der Waals surface area contributed by atoms with Gasteiger partial charge in [-0.25, -0.2) is 4.98 Å². The lowest BCUT2D eigenvalue weighted by Gasteiger charge is -2.23. The van der Waals surface area contributed by atoms with E-state index < -0.39 is 4.92 Å². The van der Waals surface area contributed by atoms with E-state index in [1.54, 1.807) is 14.0 Å². The highest BCUT2D eigenvalue weighted by atomic mass is 16.6. The second-order valence-electron chi connectivity index (χ2n) is 3.95. The van der Waals surface area contributed by atoms with Crippen LogP contribution in [0, 0.1) is 10.1 Å². The van der Waals surface area contributed by atoms with E-state index in [0.717, 1.165) is 6.07 Å². The van der Waals surface area contributed by atoms with Crippen LogP contribution in [0.4, 0.5) is 11.5 Å². The number of hydrogen-bond acceptors (Lipinski definition) is 7. The molecule has 1 rings (SSSR count). The van der Waals surface area contributed by atoms with Crippen molar-refractivity contribution in [3.8, 4) is 0 Å². The maximum absolute atomic E-state index is 11.0. The molecule has 0 spiro atoms. The van der Waals surface area contributed by atoms with Crippen LogP contribution in [0.3, 0.4) is 0 Å². The fourth-order valence-corrected chi connectivity index (χ4v) is 1.38. The Morgan fingerprint density at radius 2 is 2.37 bits per heavy atom. The van der Waals surface area contributed by atoms with Crippen molar-refractivity contribution in [2.24, 2.45) is 10.9 Å². The molecule has 4 N–H and O–H groups in total. The van der Waals surface area contributed by atoms with Crippen molar-refractivity contribution in [3.05, 3.63) is 27.9 Å². The number of aliphatic hydroxyl groups excluding tert-OH is 1. The lowest BCUT2D eigenvalue weighted by Crippen LogP contribution is -2.33. The Kier molecular flexibility index (Phi) is 4.59. The van der Waals surface area contributed by atoms with Gasteiger partial charge in [-0.1, -0.05) is 5.16 Å². The molecule has 0 saturated carbocycles. The first-order valence-electron chi connectivity index (χ1n) is 5.38. The lowest BCUT2D eigenvalue weighted by molar-refractivity contribution is -0.384. The third kappa shape index (κ3) is 3.07. The van der Waals surface area contributed by atoms with Crippen LogP contribution in [-0.2, 0) is 0 Å². The van der Waals surface area contributed by atoms with E-state index in [9.17, 15) is 10.1 Å². The Balaban J connectivity index is 3.30. The molecule has 1 aromatic heterocycles. The van der Waals surface area contributed by atoms with Crippen LogP contribution in [-0.4, -0.2) is 45.8 Å². The summed E-state index contributed by atoms with van der Waals surface area (Å²) in [5.74, 6) is -0.166. The first-order chi connectivity index (χ1) is 8.92. The first kappa shape index (κ1) is 14.6. The van der Waals surface area contributed by atoms with Gasteiger partial charge in [0, 0.05) is 24.9 Å². The third-order valence-electron chi connectivity index (χ3n) is 2.71. The molecule has 0 bridgehead atoms. The van der Waals surface area contributed by atoms with Crippen LogP contribution < -0.4 is 10.6 Å². The standard InChI is InChI=1S/C10H15N5O4/c1-6(5-16)14(2)10-8(15(18)19)3-7(4-12-10)9(11)13-17/h3-4,6,16-17H,5H2,1-2H3,(H2,11,13). The fraction of sp³-hybridized carbons (Fsp3) is 0.400. The Labute approximate surface area is 109 Å². The number of aromatic nitrogens is 1. The summed E-state index contributed by atoms with van der Waals surface area (Å²) in [5.41, 5.74) is 5.22. The zero-order valence-corrected chi connectivity index (χ0v) is 10.5. The van der Waals surface area contributed by atoms with E-state index in [-0.39, 0.29) is 35.6 Å². The number of likely N-dealkylation sites (N-methyl/N-ethyl adjacent to an activating group) is 1. The summed E-state index contributed by atoms with van der Waals surface area (Å²) >= 11 is 0. The van der Waals surface area contributed by atoms with Crippen LogP contribution in [0.15, 0.2) is 17.4 Å². The van der Waals surface area contributed by atoms with Crippen LogP contribution in [0.5, 0.6) is 0 Å². The third-order valence-corrected chi connectivity index (χ3v) is 2.71. The maximum atomic E-state index is 11.0. The minimum atomic E-state index is -0.614. The largest absolute Gasteiger partial charge is 0.409 e. The molecule has 0 aliphatic heterocycles. The molecule has 104 valence electrons. The summed E-state index contributed by atoms with van der Waals surface area (Å²) in [4.78, 5) is 15.8. The molecule has 0 radical (unpaired) electrons. The monoisotopic (exact) mass is 269 g/mol. The predicted molar refractivity (Wildman–Crippen MR) is 68.4 cm³/mol. The molecule has 0 aliphatic carbocycles. The Bertz CT molecular complexity index is 505. The molecule has 1 unspecified atom stereocenters. The number of aliphatic hydroxyl groups is 1. The van der Waals surface area contributed by atoms with Gasteiger partial charge in [-0.15, -0.1) is 0 Å². The second-order valence-corrected chi connectivity index (χ2v) is 3.95. The van der Waals surface area contributed by atoms with Crippen molar-refractivity contribution in [2.45, 2.75) is 13.0 Å². The van der Waals surface area contributed by atoms with Gasteiger partial charge in [0.25, 0.3) is 0 Å². The van der Waals surface area contributed by atoms with E-state index in [4.69, 9.17) is 16.0 Å². The van der Waals surface area contributed by atoms with Gasteiger partial charge in [-0.05, 0) is 6.92 Å². The van der Waals surface area contributed by atoms with E-state index in [0.29, 0.717) is 0 Å². The molecule has 0 fully saturated rings. The van der Waals surface area contributed by atoms with Gasteiger partial charge in [-0.2, -0.15) is 0 Å². The molecule has 9 nitrogen and oxygen atoms in total. The lowest BCUT2D eigenvalue weighted by atomic mass is 10.2. The van der Waals surface area contributed by atoms with Gasteiger partial charge in [-0.3, -0.25) is 10.1 Å². The van der Waals surface area contributed by atoms with E-state index in [1.165, 1.54) is 11.1 Å². The van der Waals surface area contributed by atoms with Crippen LogP contribution in [0.25, 0.3) is 0 Å². The number of rotatable bonds is 5. The normalized spacial score (nSPS) is 13.1. The van der Waals surface area contributed by atoms with Crippen LogP contribution >= 0.6 is 0 Å². The van der Waals surface area contributed by atoms with Gasteiger partial charge in [0.05, 0.1) is 17.6 Å². The predicted octanol–water partition coefficient (Wildman–Crippen LogP) is -0.0987. The molecular weight excluding hydrogens is 254 g/mol. The zero-order valence-electron chi connectivity index (χ0n) is 10.5. The highest BCUT2D eigenvalue weighted by molar-refractivity contribution is 5.97. The highest BCUT2D eigenvalue weighted by Gasteiger charge is 2.23. The smallest absolute Gasteiger partial charge is 0.312 e. The van der Waals surface area contributed by atoms with Crippen molar-refractivity contribution in [2.75, 3.05) is 18.6 Å². The van der Waals surface area contributed by atoms with Gasteiger partial charge in [0.15, 0.2) is 5.84 Å². The number of oxime groups is 1. The molecule has 1 atom stereocenters. The number of nitro groups is 1. The highest BCUT2D eigenvalue weighted by Crippen LogP contribution is 2.26.